The first-order valence-electron chi connectivity index (χ1n) is 10.1. The Hall–Kier alpha value is -1.11. The van der Waals surface area contributed by atoms with Gasteiger partial charge in [-0.05, 0) is 82.7 Å². The van der Waals surface area contributed by atoms with Crippen LogP contribution < -0.4 is 4.74 Å². The number of sulfonamides is 1. The molecule has 0 atom stereocenters. The minimum atomic E-state index is -3.14. The maximum atomic E-state index is 11.8. The summed E-state index contributed by atoms with van der Waals surface area (Å²) in [4.78, 5) is 2.57. The molecule has 27 heavy (non-hydrogen) atoms. The van der Waals surface area contributed by atoms with Gasteiger partial charge in [-0.3, -0.25) is 4.90 Å². The molecule has 6 heteroatoms. The number of likely N-dealkylation sites (tertiary alicyclic amines) is 1. The van der Waals surface area contributed by atoms with Gasteiger partial charge in [0.25, 0.3) is 0 Å². The topological polar surface area (TPSA) is 49.9 Å². The lowest BCUT2D eigenvalue weighted by molar-refractivity contribution is 0.0810. The summed E-state index contributed by atoms with van der Waals surface area (Å²) in [6.07, 6.45) is 5.59. The Morgan fingerprint density at radius 2 is 1.85 bits per heavy atom. The average molecular weight is 395 g/mol. The molecule has 152 valence electrons. The average Bonchev–Trinajstić information content (AvgIpc) is 2.60. The van der Waals surface area contributed by atoms with Gasteiger partial charge in [0.1, 0.15) is 5.75 Å². The minimum Gasteiger partial charge on any atom is -0.493 e. The van der Waals surface area contributed by atoms with Gasteiger partial charge >= 0.3 is 0 Å². The Morgan fingerprint density at radius 3 is 2.48 bits per heavy atom. The Bertz CT molecular complexity index is 747. The van der Waals surface area contributed by atoms with E-state index in [9.17, 15) is 8.42 Å². The molecular formula is C21H34N2O3S. The highest BCUT2D eigenvalue weighted by atomic mass is 32.2. The van der Waals surface area contributed by atoms with Crippen molar-refractivity contribution in [1.29, 1.82) is 0 Å². The molecule has 1 saturated heterocycles. The number of benzene rings is 1. The smallest absolute Gasteiger partial charge is 0.211 e. The normalized spacial score (nSPS) is 20.4. The molecule has 1 fully saturated rings. The van der Waals surface area contributed by atoms with Crippen molar-refractivity contribution in [2.24, 2.45) is 5.92 Å². The number of ether oxygens (including phenoxy) is 1. The van der Waals surface area contributed by atoms with Crippen LogP contribution in [0.4, 0.5) is 0 Å². The Balaban J connectivity index is 1.52. The fraction of sp³-hybridized carbons (Fsp3) is 0.714. The van der Waals surface area contributed by atoms with Gasteiger partial charge in [0.2, 0.25) is 10.0 Å². The van der Waals surface area contributed by atoms with Crippen LogP contribution in [0.3, 0.4) is 0 Å². The van der Waals surface area contributed by atoms with E-state index in [1.165, 1.54) is 37.8 Å². The van der Waals surface area contributed by atoms with E-state index < -0.39 is 10.0 Å². The summed E-state index contributed by atoms with van der Waals surface area (Å²) < 4.78 is 31.3. The number of hydrogen-bond acceptors (Lipinski definition) is 4. The SMILES string of the molecule is CC(C)(C)N1CCC(CCOc2cccc3c2CCN(S(C)(=O)=O)C3)CC1. The van der Waals surface area contributed by atoms with Gasteiger partial charge in [0.05, 0.1) is 12.9 Å². The molecule has 0 N–H and O–H groups in total. The summed E-state index contributed by atoms with van der Waals surface area (Å²) in [6.45, 7) is 11.0. The second-order valence-electron chi connectivity index (χ2n) is 8.98. The molecule has 0 saturated carbocycles. The quantitative estimate of drug-likeness (QED) is 0.769. The summed E-state index contributed by atoms with van der Waals surface area (Å²) >= 11 is 0. The minimum absolute atomic E-state index is 0.268. The van der Waals surface area contributed by atoms with Gasteiger partial charge < -0.3 is 4.74 Å². The van der Waals surface area contributed by atoms with Gasteiger partial charge in [-0.15, -0.1) is 0 Å². The highest BCUT2D eigenvalue weighted by molar-refractivity contribution is 7.88. The van der Waals surface area contributed by atoms with Crippen molar-refractivity contribution in [2.45, 2.75) is 58.5 Å². The maximum Gasteiger partial charge on any atom is 0.211 e. The zero-order valence-corrected chi connectivity index (χ0v) is 18.0. The van der Waals surface area contributed by atoms with Crippen LogP contribution in [0.15, 0.2) is 18.2 Å². The van der Waals surface area contributed by atoms with E-state index in [0.29, 0.717) is 13.1 Å². The predicted molar refractivity (Wildman–Crippen MR) is 110 cm³/mol. The summed E-state index contributed by atoms with van der Waals surface area (Å²) in [5.74, 6) is 1.68. The summed E-state index contributed by atoms with van der Waals surface area (Å²) in [7, 11) is -3.14. The molecule has 1 aromatic carbocycles. The van der Waals surface area contributed by atoms with Crippen molar-refractivity contribution in [3.8, 4) is 5.75 Å². The molecule has 5 nitrogen and oxygen atoms in total. The molecule has 0 aromatic heterocycles. The molecular weight excluding hydrogens is 360 g/mol. The van der Waals surface area contributed by atoms with Crippen molar-refractivity contribution in [2.75, 3.05) is 32.5 Å². The third kappa shape index (κ3) is 5.24. The van der Waals surface area contributed by atoms with Crippen LogP contribution >= 0.6 is 0 Å². The van der Waals surface area contributed by atoms with E-state index in [0.717, 1.165) is 36.7 Å². The first-order chi connectivity index (χ1) is 12.6. The van der Waals surface area contributed by atoms with Gasteiger partial charge in [-0.2, -0.15) is 4.31 Å². The van der Waals surface area contributed by atoms with Crippen LogP contribution in [0.25, 0.3) is 0 Å². The molecule has 0 radical (unpaired) electrons. The highest BCUT2D eigenvalue weighted by Crippen LogP contribution is 2.30. The fourth-order valence-electron chi connectivity index (χ4n) is 4.19. The lowest BCUT2D eigenvalue weighted by atomic mass is 9.91. The van der Waals surface area contributed by atoms with Crippen molar-refractivity contribution in [1.82, 2.24) is 9.21 Å². The zero-order chi connectivity index (χ0) is 19.7. The lowest BCUT2D eigenvalue weighted by Crippen LogP contribution is -2.46. The van der Waals surface area contributed by atoms with Crippen molar-refractivity contribution in [3.05, 3.63) is 29.3 Å². The fourth-order valence-corrected chi connectivity index (χ4v) is 4.99. The van der Waals surface area contributed by atoms with Gasteiger partial charge in [-0.25, -0.2) is 8.42 Å². The second kappa shape index (κ2) is 8.10. The number of rotatable bonds is 5. The van der Waals surface area contributed by atoms with E-state index >= 15 is 0 Å². The number of piperidine rings is 1. The standard InChI is InChI=1S/C21H34N2O3S/c1-21(2,3)22-12-8-17(9-13-22)11-15-26-20-7-5-6-18-16-23(27(4,24)25)14-10-19(18)20/h5-7,17H,8-16H2,1-4H3. The Kier molecular flexibility index (Phi) is 6.18. The monoisotopic (exact) mass is 394 g/mol. The van der Waals surface area contributed by atoms with Crippen molar-refractivity contribution < 1.29 is 13.2 Å². The zero-order valence-electron chi connectivity index (χ0n) is 17.2. The molecule has 0 spiro atoms. The first-order valence-corrected chi connectivity index (χ1v) is 11.9. The predicted octanol–water partition coefficient (Wildman–Crippen LogP) is 3.28. The van der Waals surface area contributed by atoms with E-state index in [2.05, 4.69) is 25.7 Å². The third-order valence-corrected chi connectivity index (χ3v) is 7.25. The van der Waals surface area contributed by atoms with Crippen LogP contribution in [-0.2, 0) is 23.0 Å². The molecule has 2 aliphatic heterocycles. The van der Waals surface area contributed by atoms with Crippen LogP contribution in [0.2, 0.25) is 0 Å². The van der Waals surface area contributed by atoms with Crippen molar-refractivity contribution in [3.63, 3.8) is 0 Å². The molecule has 1 aromatic rings. The molecule has 0 bridgehead atoms. The van der Waals surface area contributed by atoms with Crippen LogP contribution in [-0.4, -0.2) is 55.7 Å². The van der Waals surface area contributed by atoms with Crippen LogP contribution in [0, 0.1) is 5.92 Å². The van der Waals surface area contributed by atoms with E-state index in [4.69, 9.17) is 4.74 Å². The largest absolute Gasteiger partial charge is 0.493 e. The summed E-state index contributed by atoms with van der Waals surface area (Å²) in [5.41, 5.74) is 2.52. The number of hydrogen-bond donors (Lipinski definition) is 0. The maximum absolute atomic E-state index is 11.8. The summed E-state index contributed by atoms with van der Waals surface area (Å²) in [6, 6.07) is 6.01. The van der Waals surface area contributed by atoms with E-state index in [1.54, 1.807) is 4.31 Å². The Morgan fingerprint density at radius 1 is 1.15 bits per heavy atom. The highest BCUT2D eigenvalue weighted by Gasteiger charge is 2.27. The summed E-state index contributed by atoms with van der Waals surface area (Å²) in [5, 5.41) is 0. The third-order valence-electron chi connectivity index (χ3n) is 6.00. The number of fused-ring (bicyclic) bond motifs is 1. The van der Waals surface area contributed by atoms with Crippen molar-refractivity contribution >= 4 is 10.0 Å². The van der Waals surface area contributed by atoms with Crippen LogP contribution in [0.1, 0.15) is 51.2 Å². The van der Waals surface area contributed by atoms with E-state index in [-0.39, 0.29) is 5.54 Å². The first kappa shape index (κ1) is 20.6. The number of nitrogens with zero attached hydrogens (tertiary/aromatic N) is 2. The molecule has 0 amide bonds. The van der Waals surface area contributed by atoms with E-state index in [1.807, 2.05) is 18.2 Å². The molecule has 0 unspecified atom stereocenters. The van der Waals surface area contributed by atoms with Gasteiger partial charge in [0, 0.05) is 18.6 Å². The molecule has 0 aliphatic carbocycles. The molecule has 2 aliphatic rings. The van der Waals surface area contributed by atoms with Gasteiger partial charge in [0.15, 0.2) is 0 Å². The second-order valence-corrected chi connectivity index (χ2v) is 11.0. The molecule has 3 rings (SSSR count). The Labute approximate surface area is 164 Å². The lowest BCUT2D eigenvalue weighted by Gasteiger charge is -2.41. The molecule has 2 heterocycles. The van der Waals surface area contributed by atoms with Crippen LogP contribution in [0.5, 0.6) is 5.75 Å². The van der Waals surface area contributed by atoms with Gasteiger partial charge in [-0.1, -0.05) is 12.1 Å².